The molecule has 92 valence electrons. The second-order valence-electron chi connectivity index (χ2n) is 3.40. The second-order valence-corrected chi connectivity index (χ2v) is 4.96. The fraction of sp³-hybridized carbons (Fsp3) is 0.200. The zero-order valence-electron chi connectivity index (χ0n) is 9.14. The van der Waals surface area contributed by atoms with Crippen LogP contribution in [0.2, 0.25) is 0 Å². The molecule has 3 N–H and O–H groups in total. The Hall–Kier alpha value is -1.73. The van der Waals surface area contributed by atoms with Gasteiger partial charge in [0.05, 0.1) is 11.4 Å². The van der Waals surface area contributed by atoms with Gasteiger partial charge >= 0.3 is 0 Å². The average Bonchev–Trinajstić information content (AvgIpc) is 2.25. The van der Waals surface area contributed by atoms with E-state index in [0.717, 1.165) is 0 Å². The second kappa shape index (κ2) is 5.07. The molecule has 0 saturated heterocycles. The lowest BCUT2D eigenvalue weighted by Crippen LogP contribution is -2.27. The lowest BCUT2D eigenvalue weighted by Gasteiger charge is -2.03. The zero-order chi connectivity index (χ0) is 13.1. The zero-order valence-corrected chi connectivity index (χ0v) is 9.95. The lowest BCUT2D eigenvalue weighted by molar-refractivity contribution is -0.118. The first kappa shape index (κ1) is 13.3. The van der Waals surface area contributed by atoms with E-state index in [4.69, 9.17) is 5.14 Å². The number of ketones is 1. The van der Waals surface area contributed by atoms with Crippen molar-refractivity contribution in [3.63, 3.8) is 0 Å². The molecule has 17 heavy (non-hydrogen) atoms. The van der Waals surface area contributed by atoms with E-state index in [0.29, 0.717) is 5.56 Å². The number of nitrogens with one attached hydrogen (secondary N) is 1. The highest BCUT2D eigenvalue weighted by Crippen LogP contribution is 2.08. The predicted octanol–water partition coefficient (Wildman–Crippen LogP) is -0.347. The molecule has 0 atom stereocenters. The van der Waals surface area contributed by atoms with Gasteiger partial charge in [0, 0.05) is 12.5 Å². The highest BCUT2D eigenvalue weighted by molar-refractivity contribution is 7.89. The molecule has 0 aliphatic rings. The van der Waals surface area contributed by atoms with Gasteiger partial charge in [0.15, 0.2) is 5.78 Å². The Morgan fingerprint density at radius 2 is 1.76 bits per heavy atom. The summed E-state index contributed by atoms with van der Waals surface area (Å²) < 4.78 is 21.9. The van der Waals surface area contributed by atoms with Gasteiger partial charge in [0.2, 0.25) is 15.9 Å². The van der Waals surface area contributed by atoms with Gasteiger partial charge in [-0.15, -0.1) is 0 Å². The van der Waals surface area contributed by atoms with Crippen molar-refractivity contribution in [1.29, 1.82) is 0 Å². The summed E-state index contributed by atoms with van der Waals surface area (Å²) in [4.78, 5) is 22.1. The topological polar surface area (TPSA) is 106 Å². The Bertz CT molecular complexity index is 534. The summed E-state index contributed by atoms with van der Waals surface area (Å²) in [5.74, 6) is -0.610. The van der Waals surface area contributed by atoms with Crippen molar-refractivity contribution in [3.8, 4) is 0 Å². The monoisotopic (exact) mass is 256 g/mol. The molecule has 0 saturated carbocycles. The Labute approximate surface area is 98.9 Å². The van der Waals surface area contributed by atoms with E-state index in [2.05, 4.69) is 5.32 Å². The minimum Gasteiger partial charge on any atom is -0.349 e. The maximum Gasteiger partial charge on any atom is 0.238 e. The largest absolute Gasteiger partial charge is 0.349 e. The van der Waals surface area contributed by atoms with E-state index >= 15 is 0 Å². The van der Waals surface area contributed by atoms with E-state index in [1.165, 1.54) is 31.2 Å². The smallest absolute Gasteiger partial charge is 0.238 e. The van der Waals surface area contributed by atoms with Crippen LogP contribution >= 0.6 is 0 Å². The van der Waals surface area contributed by atoms with Gasteiger partial charge in [-0.05, 0) is 24.3 Å². The third-order valence-electron chi connectivity index (χ3n) is 2.00. The number of amides is 1. The molecule has 0 aliphatic heterocycles. The number of benzene rings is 1. The van der Waals surface area contributed by atoms with Crippen LogP contribution in [0.15, 0.2) is 29.2 Å². The number of rotatable bonds is 4. The first-order valence-electron chi connectivity index (χ1n) is 4.71. The number of nitrogens with two attached hydrogens (primary N) is 1. The van der Waals surface area contributed by atoms with E-state index in [1.54, 1.807) is 0 Å². The Morgan fingerprint density at radius 3 is 2.18 bits per heavy atom. The molecular weight excluding hydrogens is 244 g/mol. The Kier molecular flexibility index (Phi) is 3.97. The van der Waals surface area contributed by atoms with Crippen molar-refractivity contribution in [2.24, 2.45) is 5.14 Å². The van der Waals surface area contributed by atoms with Gasteiger partial charge in [-0.2, -0.15) is 0 Å². The molecule has 1 aromatic rings. The van der Waals surface area contributed by atoms with Gasteiger partial charge in [-0.1, -0.05) is 0 Å². The number of carbonyl (C=O) groups is 2. The number of primary sulfonamides is 1. The molecule has 0 aromatic heterocycles. The Morgan fingerprint density at radius 1 is 1.24 bits per heavy atom. The normalized spacial score (nSPS) is 10.9. The average molecular weight is 256 g/mol. The first-order valence-corrected chi connectivity index (χ1v) is 6.26. The molecule has 1 rings (SSSR count). The third kappa shape index (κ3) is 3.97. The molecule has 0 bridgehead atoms. The number of Topliss-reactive ketones (excluding diaryl/α,β-unsaturated/α-hetero) is 1. The maximum absolute atomic E-state index is 11.5. The number of hydrogen-bond acceptors (Lipinski definition) is 4. The molecule has 0 radical (unpaired) electrons. The van der Waals surface area contributed by atoms with E-state index in [-0.39, 0.29) is 23.1 Å². The molecule has 1 aromatic carbocycles. The van der Waals surface area contributed by atoms with E-state index in [9.17, 15) is 18.0 Å². The summed E-state index contributed by atoms with van der Waals surface area (Å²) >= 11 is 0. The van der Waals surface area contributed by atoms with Crippen LogP contribution < -0.4 is 10.5 Å². The van der Waals surface area contributed by atoms with Gasteiger partial charge in [-0.25, -0.2) is 13.6 Å². The summed E-state index contributed by atoms with van der Waals surface area (Å²) in [5.41, 5.74) is 0.311. The summed E-state index contributed by atoms with van der Waals surface area (Å²) in [7, 11) is -3.75. The fourth-order valence-corrected chi connectivity index (χ4v) is 1.65. The molecule has 0 fully saturated rings. The van der Waals surface area contributed by atoms with Gasteiger partial charge in [-0.3, -0.25) is 9.59 Å². The van der Waals surface area contributed by atoms with Crippen LogP contribution in [-0.4, -0.2) is 26.7 Å². The highest BCUT2D eigenvalue weighted by atomic mass is 32.2. The lowest BCUT2D eigenvalue weighted by atomic mass is 10.1. The quantitative estimate of drug-likeness (QED) is 0.718. The molecule has 0 aliphatic carbocycles. The first-order chi connectivity index (χ1) is 7.80. The molecule has 1 amide bonds. The molecule has 0 spiro atoms. The molecule has 7 heteroatoms. The van der Waals surface area contributed by atoms with Crippen LogP contribution in [0, 0.1) is 0 Å². The van der Waals surface area contributed by atoms with Crippen molar-refractivity contribution in [3.05, 3.63) is 29.8 Å². The molecular formula is C10H12N2O4S. The van der Waals surface area contributed by atoms with Crippen molar-refractivity contribution in [2.75, 3.05) is 6.54 Å². The van der Waals surface area contributed by atoms with Crippen LogP contribution in [0.25, 0.3) is 0 Å². The van der Waals surface area contributed by atoms with Crippen molar-refractivity contribution < 1.29 is 18.0 Å². The third-order valence-corrected chi connectivity index (χ3v) is 2.93. The summed E-state index contributed by atoms with van der Waals surface area (Å²) in [6, 6.07) is 5.19. The fourth-order valence-electron chi connectivity index (χ4n) is 1.14. The molecule has 0 unspecified atom stereocenters. The standard InChI is InChI=1S/C10H12N2O4S/c1-7(13)12-6-10(14)8-2-4-9(5-3-8)17(11,15)16/h2-5H,6H2,1H3,(H,12,13)(H2,11,15,16). The maximum atomic E-state index is 11.5. The van der Waals surface area contributed by atoms with Crippen LogP contribution in [0.4, 0.5) is 0 Å². The van der Waals surface area contributed by atoms with Crippen molar-refractivity contribution in [1.82, 2.24) is 5.32 Å². The van der Waals surface area contributed by atoms with Crippen LogP contribution in [-0.2, 0) is 14.8 Å². The minimum absolute atomic E-state index is 0.0615. The van der Waals surface area contributed by atoms with E-state index < -0.39 is 10.0 Å². The summed E-state index contributed by atoms with van der Waals surface area (Å²) in [5, 5.41) is 7.27. The van der Waals surface area contributed by atoms with Crippen LogP contribution in [0.1, 0.15) is 17.3 Å². The molecule has 6 nitrogen and oxygen atoms in total. The van der Waals surface area contributed by atoms with E-state index in [1.807, 2.05) is 0 Å². The number of sulfonamides is 1. The summed E-state index contributed by atoms with van der Waals surface area (Å²) in [6.07, 6.45) is 0. The van der Waals surface area contributed by atoms with Crippen molar-refractivity contribution >= 4 is 21.7 Å². The number of carbonyl (C=O) groups excluding carboxylic acids is 2. The molecule has 0 heterocycles. The highest BCUT2D eigenvalue weighted by Gasteiger charge is 2.10. The van der Waals surface area contributed by atoms with Gasteiger partial charge < -0.3 is 5.32 Å². The van der Waals surface area contributed by atoms with Crippen LogP contribution in [0.5, 0.6) is 0 Å². The Balaban J connectivity index is 2.81. The minimum atomic E-state index is -3.75. The van der Waals surface area contributed by atoms with Crippen molar-refractivity contribution in [2.45, 2.75) is 11.8 Å². The SMILES string of the molecule is CC(=O)NCC(=O)c1ccc(S(N)(=O)=O)cc1. The van der Waals surface area contributed by atoms with Gasteiger partial charge in [0.1, 0.15) is 0 Å². The summed E-state index contributed by atoms with van der Waals surface area (Å²) in [6.45, 7) is 1.18. The predicted molar refractivity (Wildman–Crippen MR) is 60.8 cm³/mol. The van der Waals surface area contributed by atoms with Gasteiger partial charge in [0.25, 0.3) is 0 Å². The van der Waals surface area contributed by atoms with Crippen LogP contribution in [0.3, 0.4) is 0 Å². The number of hydrogen-bond donors (Lipinski definition) is 2.